The molecule has 7 nitrogen and oxygen atoms in total. The molecule has 4 rings (SSSR count). The Kier molecular flexibility index (Phi) is 7.95. The number of benzene rings is 2. The number of amides is 1. The van der Waals surface area contributed by atoms with Gasteiger partial charge in [-0.2, -0.15) is 18.3 Å². The van der Waals surface area contributed by atoms with E-state index in [9.17, 15) is 18.0 Å². The minimum absolute atomic E-state index is 0.0792. The van der Waals surface area contributed by atoms with Gasteiger partial charge in [0.2, 0.25) is 0 Å². The second kappa shape index (κ2) is 11.1. The summed E-state index contributed by atoms with van der Waals surface area (Å²) >= 11 is 0. The fourth-order valence-corrected chi connectivity index (χ4v) is 4.27. The number of likely N-dealkylation sites (tertiary alicyclic amines) is 1. The summed E-state index contributed by atoms with van der Waals surface area (Å²) in [5.74, 6) is -0.00682. The average molecular weight is 503 g/mol. The summed E-state index contributed by atoms with van der Waals surface area (Å²) in [6.07, 6.45) is -0.555. The van der Waals surface area contributed by atoms with Crippen LogP contribution in [-0.4, -0.2) is 60.0 Å². The molecule has 2 heterocycles. The average Bonchev–Trinajstić information content (AvgIpc) is 3.30. The molecule has 0 unspecified atom stereocenters. The van der Waals surface area contributed by atoms with Crippen LogP contribution in [-0.2, 0) is 18.0 Å². The van der Waals surface area contributed by atoms with Gasteiger partial charge in [-0.15, -0.1) is 0 Å². The van der Waals surface area contributed by atoms with Crippen molar-refractivity contribution in [2.24, 2.45) is 7.05 Å². The number of nitrogens with one attached hydrogen (secondary N) is 1. The number of hydrogen-bond donors (Lipinski definition) is 1. The van der Waals surface area contributed by atoms with Crippen LogP contribution in [0.3, 0.4) is 0 Å². The zero-order valence-electron chi connectivity index (χ0n) is 20.2. The van der Waals surface area contributed by atoms with Gasteiger partial charge < -0.3 is 14.8 Å². The quantitative estimate of drug-likeness (QED) is 0.477. The molecule has 0 atom stereocenters. The number of rotatable bonds is 8. The zero-order valence-corrected chi connectivity index (χ0v) is 20.2. The molecule has 0 bridgehead atoms. The zero-order chi connectivity index (χ0) is 25.7. The molecular weight excluding hydrogens is 473 g/mol. The maximum absolute atomic E-state index is 13.0. The van der Waals surface area contributed by atoms with Crippen molar-refractivity contribution in [3.63, 3.8) is 0 Å². The minimum atomic E-state index is -4.53. The topological polar surface area (TPSA) is 68.6 Å². The number of ether oxygens (including phenoxy) is 2. The molecule has 1 aliphatic rings. The molecule has 192 valence electrons. The van der Waals surface area contributed by atoms with E-state index in [1.54, 1.807) is 43.2 Å². The predicted molar refractivity (Wildman–Crippen MR) is 130 cm³/mol. The number of piperidine rings is 1. The second-order valence-electron chi connectivity index (χ2n) is 8.71. The van der Waals surface area contributed by atoms with Gasteiger partial charge in [-0.05, 0) is 55.3 Å². The Morgan fingerprint density at radius 2 is 1.92 bits per heavy atom. The maximum Gasteiger partial charge on any atom is 0.416 e. The van der Waals surface area contributed by atoms with Crippen molar-refractivity contribution in [1.29, 1.82) is 0 Å². The molecule has 0 aliphatic carbocycles. The first-order valence-electron chi connectivity index (χ1n) is 11.7. The van der Waals surface area contributed by atoms with Crippen molar-refractivity contribution in [2.45, 2.75) is 25.1 Å². The summed E-state index contributed by atoms with van der Waals surface area (Å²) in [6, 6.07) is 11.3. The van der Waals surface area contributed by atoms with Gasteiger partial charge in [0.25, 0.3) is 5.91 Å². The number of halogens is 3. The van der Waals surface area contributed by atoms with Crippen molar-refractivity contribution in [1.82, 2.24) is 14.7 Å². The van der Waals surface area contributed by atoms with E-state index in [1.165, 1.54) is 12.1 Å². The first kappa shape index (κ1) is 25.7. The summed E-state index contributed by atoms with van der Waals surface area (Å²) in [4.78, 5) is 15.0. The van der Waals surface area contributed by atoms with Crippen molar-refractivity contribution in [3.8, 4) is 17.0 Å². The van der Waals surface area contributed by atoms with E-state index in [0.717, 1.165) is 55.9 Å². The van der Waals surface area contributed by atoms with Crippen LogP contribution in [0, 0.1) is 0 Å². The fraction of sp³-hybridized carbons (Fsp3) is 0.385. The van der Waals surface area contributed by atoms with E-state index in [0.29, 0.717) is 24.1 Å². The van der Waals surface area contributed by atoms with E-state index in [4.69, 9.17) is 9.47 Å². The molecule has 0 spiro atoms. The molecule has 1 amide bonds. The third-order valence-electron chi connectivity index (χ3n) is 6.32. The second-order valence-corrected chi connectivity index (χ2v) is 8.71. The van der Waals surface area contributed by atoms with Crippen LogP contribution in [0.2, 0.25) is 0 Å². The van der Waals surface area contributed by atoms with Crippen LogP contribution in [0.1, 0.15) is 28.8 Å². The van der Waals surface area contributed by atoms with Gasteiger partial charge in [0.05, 0.1) is 17.4 Å². The van der Waals surface area contributed by atoms with Gasteiger partial charge in [-0.3, -0.25) is 14.4 Å². The van der Waals surface area contributed by atoms with Crippen LogP contribution < -0.4 is 10.1 Å². The summed E-state index contributed by atoms with van der Waals surface area (Å²) in [5, 5.41) is 6.91. The number of methoxy groups -OCH3 is 1. The van der Waals surface area contributed by atoms with Gasteiger partial charge in [0, 0.05) is 56.8 Å². The number of carbonyl (C=O) groups excluding carboxylic acids is 1. The highest BCUT2D eigenvalue weighted by Crippen LogP contribution is 2.33. The van der Waals surface area contributed by atoms with Crippen LogP contribution in [0.15, 0.2) is 54.7 Å². The molecular formula is C26H29F3N4O3. The Bertz CT molecular complexity index is 1190. The van der Waals surface area contributed by atoms with Crippen LogP contribution in [0.4, 0.5) is 18.9 Å². The van der Waals surface area contributed by atoms with E-state index < -0.39 is 17.6 Å². The summed E-state index contributed by atoms with van der Waals surface area (Å²) < 4.78 is 52.4. The number of anilines is 1. The molecule has 0 radical (unpaired) electrons. The third-order valence-corrected chi connectivity index (χ3v) is 6.32. The van der Waals surface area contributed by atoms with Crippen molar-refractivity contribution < 1.29 is 27.4 Å². The van der Waals surface area contributed by atoms with Crippen LogP contribution in [0.5, 0.6) is 5.75 Å². The fourth-order valence-electron chi connectivity index (χ4n) is 4.27. The van der Waals surface area contributed by atoms with Gasteiger partial charge in [0.1, 0.15) is 12.4 Å². The van der Waals surface area contributed by atoms with Crippen LogP contribution >= 0.6 is 0 Å². The highest BCUT2D eigenvalue weighted by atomic mass is 19.4. The molecule has 1 saturated heterocycles. The summed E-state index contributed by atoms with van der Waals surface area (Å²) in [7, 11) is 3.54. The molecule has 1 aromatic heterocycles. The lowest BCUT2D eigenvalue weighted by Gasteiger charge is -2.31. The molecule has 2 aromatic carbocycles. The van der Waals surface area contributed by atoms with E-state index in [1.807, 2.05) is 6.07 Å². The van der Waals surface area contributed by atoms with Gasteiger partial charge >= 0.3 is 6.18 Å². The highest BCUT2D eigenvalue weighted by Gasteiger charge is 2.31. The molecule has 36 heavy (non-hydrogen) atoms. The summed E-state index contributed by atoms with van der Waals surface area (Å²) in [5.41, 5.74) is 0.976. The Morgan fingerprint density at radius 1 is 1.14 bits per heavy atom. The molecule has 3 aromatic rings. The Balaban J connectivity index is 1.48. The number of nitrogens with zero attached hydrogens (tertiary/aromatic N) is 3. The van der Waals surface area contributed by atoms with Gasteiger partial charge in [0.15, 0.2) is 0 Å². The number of aromatic nitrogens is 2. The number of hydrogen-bond acceptors (Lipinski definition) is 5. The first-order valence-corrected chi connectivity index (χ1v) is 11.7. The van der Waals surface area contributed by atoms with E-state index >= 15 is 0 Å². The Hall–Kier alpha value is -3.37. The molecule has 0 saturated carbocycles. The molecule has 1 fully saturated rings. The maximum atomic E-state index is 13.0. The lowest BCUT2D eigenvalue weighted by Crippen LogP contribution is -2.38. The predicted octanol–water partition coefficient (Wildman–Crippen LogP) is 4.85. The Labute approximate surface area is 207 Å². The standard InChI is InChI=1S/C26H29F3N4O3/c1-32-23(8-11-30-32)22-17-20(31-25(34)18-4-3-5-19(16-18)26(27,28)29)6-7-24(22)36-15-14-33-12-9-21(35-2)10-13-33/h3-8,11,16-17,21H,9-10,12-15H2,1-2H3,(H,31,34). The molecule has 1 aliphatic heterocycles. The SMILES string of the molecule is COC1CCN(CCOc2ccc(NC(=O)c3cccc(C(F)(F)F)c3)cc2-c2ccnn2C)CC1. The third kappa shape index (κ3) is 6.24. The van der Waals surface area contributed by atoms with Crippen molar-refractivity contribution in [3.05, 3.63) is 65.9 Å². The van der Waals surface area contributed by atoms with Gasteiger partial charge in [-0.25, -0.2) is 0 Å². The monoisotopic (exact) mass is 502 g/mol. The lowest BCUT2D eigenvalue weighted by atomic mass is 10.1. The van der Waals surface area contributed by atoms with E-state index in [2.05, 4.69) is 15.3 Å². The number of alkyl halides is 3. The summed E-state index contributed by atoms with van der Waals surface area (Å²) in [6.45, 7) is 3.17. The normalized spacial score (nSPS) is 15.1. The minimum Gasteiger partial charge on any atom is -0.492 e. The first-order chi connectivity index (χ1) is 17.2. The van der Waals surface area contributed by atoms with Gasteiger partial charge in [-0.1, -0.05) is 6.07 Å². The lowest BCUT2D eigenvalue weighted by molar-refractivity contribution is -0.137. The molecule has 1 N–H and O–H groups in total. The highest BCUT2D eigenvalue weighted by molar-refractivity contribution is 6.04. The largest absolute Gasteiger partial charge is 0.492 e. The number of carbonyl (C=O) groups is 1. The van der Waals surface area contributed by atoms with Crippen molar-refractivity contribution >= 4 is 11.6 Å². The van der Waals surface area contributed by atoms with Crippen molar-refractivity contribution in [2.75, 3.05) is 38.7 Å². The molecule has 10 heteroatoms. The Morgan fingerprint density at radius 3 is 2.58 bits per heavy atom. The van der Waals surface area contributed by atoms with E-state index in [-0.39, 0.29) is 5.56 Å². The smallest absolute Gasteiger partial charge is 0.416 e. The number of aryl methyl sites for hydroxylation is 1. The van der Waals surface area contributed by atoms with Crippen LogP contribution in [0.25, 0.3) is 11.3 Å².